The summed E-state index contributed by atoms with van der Waals surface area (Å²) in [6, 6.07) is 8.46. The highest BCUT2D eigenvalue weighted by molar-refractivity contribution is 7.09. The van der Waals surface area contributed by atoms with Crippen LogP contribution in [0.15, 0.2) is 29.8 Å². The summed E-state index contributed by atoms with van der Waals surface area (Å²) in [6.45, 7) is 5.14. The van der Waals surface area contributed by atoms with Crippen LogP contribution in [0.25, 0.3) is 0 Å². The van der Waals surface area contributed by atoms with Crippen molar-refractivity contribution in [3.8, 4) is 0 Å². The van der Waals surface area contributed by atoms with E-state index in [0.29, 0.717) is 0 Å². The molecule has 0 aliphatic heterocycles. The molecule has 0 unspecified atom stereocenters. The topological polar surface area (TPSA) is 24.9 Å². The normalized spacial score (nSPS) is 10.4. The van der Waals surface area contributed by atoms with Crippen molar-refractivity contribution in [3.63, 3.8) is 0 Å². The lowest BCUT2D eigenvalue weighted by Gasteiger charge is -2.06. The predicted molar refractivity (Wildman–Crippen MR) is 70.2 cm³/mol. The van der Waals surface area contributed by atoms with Gasteiger partial charge in [0.25, 0.3) is 0 Å². The van der Waals surface area contributed by atoms with Gasteiger partial charge in [-0.3, -0.25) is 0 Å². The Kier molecular flexibility index (Phi) is 3.57. The molecule has 0 aliphatic carbocycles. The first-order valence-corrected chi connectivity index (χ1v) is 6.33. The van der Waals surface area contributed by atoms with Gasteiger partial charge < -0.3 is 5.32 Å². The molecular weight excluding hydrogens is 216 g/mol. The number of hydrogen-bond acceptors (Lipinski definition) is 3. The number of nitrogens with one attached hydrogen (secondary N) is 1. The lowest BCUT2D eigenvalue weighted by atomic mass is 10.2. The fourth-order valence-corrected chi connectivity index (χ4v) is 2.42. The van der Waals surface area contributed by atoms with Gasteiger partial charge in [-0.1, -0.05) is 12.1 Å². The summed E-state index contributed by atoms with van der Waals surface area (Å²) in [5, 5.41) is 3.43. The molecule has 0 amide bonds. The predicted octanol–water partition coefficient (Wildman–Crippen LogP) is 3.41. The second-order valence-electron chi connectivity index (χ2n) is 3.91. The molecule has 1 aromatic heterocycles. The van der Waals surface area contributed by atoms with Crippen molar-refractivity contribution < 1.29 is 0 Å². The van der Waals surface area contributed by atoms with Gasteiger partial charge in [-0.15, -0.1) is 11.3 Å². The Morgan fingerprint density at radius 3 is 2.88 bits per heavy atom. The number of aromatic nitrogens is 1. The summed E-state index contributed by atoms with van der Waals surface area (Å²) in [7, 11) is 0. The van der Waals surface area contributed by atoms with E-state index in [2.05, 4.69) is 48.4 Å². The molecule has 2 aromatic rings. The van der Waals surface area contributed by atoms with Crippen LogP contribution in [0.2, 0.25) is 0 Å². The zero-order chi connectivity index (χ0) is 11.4. The van der Waals surface area contributed by atoms with Gasteiger partial charge in [0.2, 0.25) is 0 Å². The minimum absolute atomic E-state index is 0.965. The first kappa shape index (κ1) is 11.1. The number of thiazole rings is 1. The van der Waals surface area contributed by atoms with Crippen LogP contribution in [0, 0.1) is 13.8 Å². The van der Waals surface area contributed by atoms with Crippen molar-refractivity contribution in [2.75, 3.05) is 11.9 Å². The van der Waals surface area contributed by atoms with Gasteiger partial charge in [0.05, 0.1) is 11.2 Å². The number of anilines is 1. The summed E-state index contributed by atoms with van der Waals surface area (Å²) < 4.78 is 0. The summed E-state index contributed by atoms with van der Waals surface area (Å²) >= 11 is 1.74. The number of benzene rings is 1. The van der Waals surface area contributed by atoms with Crippen molar-refractivity contribution in [2.24, 2.45) is 0 Å². The van der Waals surface area contributed by atoms with Crippen LogP contribution in [0.5, 0.6) is 0 Å². The average molecular weight is 232 g/mol. The molecule has 1 N–H and O–H groups in total. The lowest BCUT2D eigenvalue weighted by molar-refractivity contribution is 1.02. The molecule has 84 valence electrons. The molecule has 16 heavy (non-hydrogen) atoms. The van der Waals surface area contributed by atoms with Crippen molar-refractivity contribution >= 4 is 17.0 Å². The second kappa shape index (κ2) is 5.12. The van der Waals surface area contributed by atoms with Crippen molar-refractivity contribution in [3.05, 3.63) is 45.9 Å². The molecule has 1 aromatic carbocycles. The smallest absolute Gasteiger partial charge is 0.0797 e. The van der Waals surface area contributed by atoms with Gasteiger partial charge in [-0.25, -0.2) is 4.98 Å². The molecule has 2 nitrogen and oxygen atoms in total. The van der Waals surface area contributed by atoms with E-state index >= 15 is 0 Å². The van der Waals surface area contributed by atoms with Crippen LogP contribution < -0.4 is 5.32 Å². The van der Waals surface area contributed by atoms with E-state index in [9.17, 15) is 0 Å². The Labute approximate surface area is 100 Å². The zero-order valence-corrected chi connectivity index (χ0v) is 10.5. The minimum Gasteiger partial charge on any atom is -0.385 e. The van der Waals surface area contributed by atoms with Gasteiger partial charge in [0, 0.05) is 23.5 Å². The third-order valence-electron chi connectivity index (χ3n) is 2.54. The van der Waals surface area contributed by atoms with E-state index < -0.39 is 0 Å². The Bertz CT molecular complexity index is 462. The zero-order valence-electron chi connectivity index (χ0n) is 9.66. The molecule has 0 atom stereocenters. The number of rotatable bonds is 4. The molecule has 1 heterocycles. The van der Waals surface area contributed by atoms with Crippen LogP contribution in [0.1, 0.15) is 16.1 Å². The maximum absolute atomic E-state index is 4.25. The number of hydrogen-bond donors (Lipinski definition) is 1. The monoisotopic (exact) mass is 232 g/mol. The molecule has 2 rings (SSSR count). The Morgan fingerprint density at radius 2 is 2.19 bits per heavy atom. The Morgan fingerprint density at radius 1 is 1.31 bits per heavy atom. The molecule has 3 heteroatoms. The highest BCUT2D eigenvalue weighted by Gasteiger charge is 2.00. The SMILES string of the molecule is Cc1cccc(NCCc2scnc2C)c1. The van der Waals surface area contributed by atoms with Gasteiger partial charge in [0.1, 0.15) is 0 Å². The summed E-state index contributed by atoms with van der Waals surface area (Å²) in [5.41, 5.74) is 5.56. The molecular formula is C13H16N2S. The van der Waals surface area contributed by atoms with E-state index in [0.717, 1.165) is 18.7 Å². The lowest BCUT2D eigenvalue weighted by Crippen LogP contribution is -2.04. The van der Waals surface area contributed by atoms with Crippen LogP contribution in [-0.2, 0) is 6.42 Å². The third-order valence-corrected chi connectivity index (χ3v) is 3.54. The Balaban J connectivity index is 1.87. The van der Waals surface area contributed by atoms with E-state index in [1.54, 1.807) is 11.3 Å². The highest BCUT2D eigenvalue weighted by Crippen LogP contribution is 2.14. The first-order valence-electron chi connectivity index (χ1n) is 5.45. The first-order chi connectivity index (χ1) is 7.75. The van der Waals surface area contributed by atoms with Crippen LogP contribution in [0.4, 0.5) is 5.69 Å². The minimum atomic E-state index is 0.965. The van der Waals surface area contributed by atoms with Gasteiger partial charge in [-0.2, -0.15) is 0 Å². The average Bonchev–Trinajstić information content (AvgIpc) is 2.65. The fraction of sp³-hybridized carbons (Fsp3) is 0.308. The molecule has 0 saturated carbocycles. The molecule has 0 bridgehead atoms. The van der Waals surface area contributed by atoms with Gasteiger partial charge >= 0.3 is 0 Å². The summed E-state index contributed by atoms with van der Waals surface area (Å²) in [6.07, 6.45) is 1.05. The van der Waals surface area contributed by atoms with Crippen LogP contribution in [-0.4, -0.2) is 11.5 Å². The molecule has 0 fully saturated rings. The van der Waals surface area contributed by atoms with E-state index in [4.69, 9.17) is 0 Å². The van der Waals surface area contributed by atoms with Gasteiger partial charge in [-0.05, 0) is 31.5 Å². The van der Waals surface area contributed by atoms with Crippen molar-refractivity contribution in [1.29, 1.82) is 0 Å². The van der Waals surface area contributed by atoms with Crippen molar-refractivity contribution in [1.82, 2.24) is 4.98 Å². The van der Waals surface area contributed by atoms with Crippen LogP contribution in [0.3, 0.4) is 0 Å². The largest absolute Gasteiger partial charge is 0.385 e. The Hall–Kier alpha value is -1.35. The molecule has 0 aliphatic rings. The second-order valence-corrected chi connectivity index (χ2v) is 4.85. The van der Waals surface area contributed by atoms with Gasteiger partial charge in [0.15, 0.2) is 0 Å². The maximum atomic E-state index is 4.25. The molecule has 0 radical (unpaired) electrons. The van der Waals surface area contributed by atoms with Crippen LogP contribution >= 0.6 is 11.3 Å². The van der Waals surface area contributed by atoms with E-state index in [-0.39, 0.29) is 0 Å². The maximum Gasteiger partial charge on any atom is 0.0797 e. The van der Waals surface area contributed by atoms with E-state index in [1.807, 2.05) is 5.51 Å². The fourth-order valence-electron chi connectivity index (χ4n) is 1.64. The standard InChI is InChI=1S/C13H16N2S/c1-10-4-3-5-12(8-10)14-7-6-13-11(2)15-9-16-13/h3-5,8-9,14H,6-7H2,1-2H3. The van der Waals surface area contributed by atoms with Crippen molar-refractivity contribution in [2.45, 2.75) is 20.3 Å². The highest BCUT2D eigenvalue weighted by atomic mass is 32.1. The van der Waals surface area contributed by atoms with E-state index in [1.165, 1.54) is 16.1 Å². The molecule has 0 spiro atoms. The number of aryl methyl sites for hydroxylation is 2. The molecule has 0 saturated heterocycles. The quantitative estimate of drug-likeness (QED) is 0.873. The third kappa shape index (κ3) is 2.83. The number of nitrogens with zero attached hydrogens (tertiary/aromatic N) is 1. The summed E-state index contributed by atoms with van der Waals surface area (Å²) in [5.74, 6) is 0. The summed E-state index contributed by atoms with van der Waals surface area (Å²) in [4.78, 5) is 5.62.